The van der Waals surface area contributed by atoms with Gasteiger partial charge in [-0.25, -0.2) is 0 Å². The van der Waals surface area contributed by atoms with Crippen molar-refractivity contribution in [1.82, 2.24) is 0 Å². The lowest BCUT2D eigenvalue weighted by Gasteiger charge is -2.11. The molecule has 0 N–H and O–H groups in total. The molecule has 20 heavy (non-hydrogen) atoms. The minimum Gasteiger partial charge on any atom is -0.487 e. The molecular formula is C16H13Cl2NO. The predicted octanol–water partition coefficient (Wildman–Crippen LogP) is 4.84. The lowest BCUT2D eigenvalue weighted by molar-refractivity contribution is 0.305. The van der Waals surface area contributed by atoms with E-state index >= 15 is 0 Å². The van der Waals surface area contributed by atoms with Gasteiger partial charge in [0, 0.05) is 5.88 Å². The molecule has 2 nitrogen and oxygen atoms in total. The molecule has 0 bridgehead atoms. The number of nitrogens with zero attached hydrogens (tertiary/aromatic N) is 1. The summed E-state index contributed by atoms with van der Waals surface area (Å²) in [5, 5.41) is 9.39. The maximum absolute atomic E-state index is 8.84. The molecule has 2 aromatic rings. The summed E-state index contributed by atoms with van der Waals surface area (Å²) in [6, 6.07) is 13.1. The van der Waals surface area contributed by atoms with Crippen molar-refractivity contribution in [2.24, 2.45) is 0 Å². The third-order valence-electron chi connectivity index (χ3n) is 3.01. The van der Waals surface area contributed by atoms with Gasteiger partial charge in [-0.1, -0.05) is 23.7 Å². The summed E-state index contributed by atoms with van der Waals surface area (Å²) in [7, 11) is 0. The smallest absolute Gasteiger partial charge is 0.138 e. The van der Waals surface area contributed by atoms with E-state index in [-0.39, 0.29) is 0 Å². The van der Waals surface area contributed by atoms with E-state index in [1.54, 1.807) is 12.1 Å². The van der Waals surface area contributed by atoms with Crippen LogP contribution in [0.15, 0.2) is 36.4 Å². The SMILES string of the molecule is Cc1cc(C#N)ccc1COc1ccc(CCl)cc1Cl. The largest absolute Gasteiger partial charge is 0.487 e. The van der Waals surface area contributed by atoms with E-state index in [1.165, 1.54) is 0 Å². The summed E-state index contributed by atoms with van der Waals surface area (Å²) < 4.78 is 5.72. The highest BCUT2D eigenvalue weighted by atomic mass is 35.5. The van der Waals surface area contributed by atoms with E-state index < -0.39 is 0 Å². The van der Waals surface area contributed by atoms with Crippen molar-refractivity contribution < 1.29 is 4.74 Å². The van der Waals surface area contributed by atoms with Crippen LogP contribution in [0.25, 0.3) is 0 Å². The molecule has 0 aliphatic rings. The third kappa shape index (κ3) is 3.45. The molecule has 0 radical (unpaired) electrons. The number of hydrogen-bond donors (Lipinski definition) is 0. The van der Waals surface area contributed by atoms with Gasteiger partial charge in [-0.05, 0) is 47.9 Å². The van der Waals surface area contributed by atoms with Crippen LogP contribution in [0.2, 0.25) is 5.02 Å². The second-order valence-electron chi connectivity index (χ2n) is 4.44. The van der Waals surface area contributed by atoms with Crippen molar-refractivity contribution in [3.8, 4) is 11.8 Å². The molecule has 0 aliphatic carbocycles. The normalized spacial score (nSPS) is 10.1. The summed E-state index contributed by atoms with van der Waals surface area (Å²) in [5.41, 5.74) is 3.66. The maximum Gasteiger partial charge on any atom is 0.138 e. The van der Waals surface area contributed by atoms with E-state index in [2.05, 4.69) is 6.07 Å². The Morgan fingerprint density at radius 3 is 2.60 bits per heavy atom. The molecule has 0 aliphatic heterocycles. The van der Waals surface area contributed by atoms with Crippen LogP contribution in [0.3, 0.4) is 0 Å². The van der Waals surface area contributed by atoms with E-state index in [0.717, 1.165) is 16.7 Å². The van der Waals surface area contributed by atoms with E-state index in [0.29, 0.717) is 28.8 Å². The minimum absolute atomic E-state index is 0.414. The summed E-state index contributed by atoms with van der Waals surface area (Å²) >= 11 is 11.9. The highest BCUT2D eigenvalue weighted by molar-refractivity contribution is 6.32. The zero-order valence-electron chi connectivity index (χ0n) is 11.0. The fourth-order valence-corrected chi connectivity index (χ4v) is 2.25. The van der Waals surface area contributed by atoms with Gasteiger partial charge in [0.15, 0.2) is 0 Å². The lowest BCUT2D eigenvalue weighted by Crippen LogP contribution is -1.99. The summed E-state index contributed by atoms with van der Waals surface area (Å²) in [6.07, 6.45) is 0. The Balaban J connectivity index is 2.11. The predicted molar refractivity (Wildman–Crippen MR) is 81.2 cm³/mol. The number of alkyl halides is 1. The zero-order valence-corrected chi connectivity index (χ0v) is 12.5. The van der Waals surface area contributed by atoms with Gasteiger partial charge in [-0.15, -0.1) is 11.6 Å². The standard InChI is InChI=1S/C16H13Cl2NO/c1-11-6-13(9-19)2-4-14(11)10-20-16-5-3-12(8-17)7-15(16)18/h2-7H,8,10H2,1H3. The Morgan fingerprint density at radius 1 is 1.20 bits per heavy atom. The molecule has 2 rings (SSSR count). The van der Waals surface area contributed by atoms with Crippen molar-refractivity contribution in [3.63, 3.8) is 0 Å². The van der Waals surface area contributed by atoms with Crippen molar-refractivity contribution in [2.75, 3.05) is 0 Å². The Morgan fingerprint density at radius 2 is 2.00 bits per heavy atom. The van der Waals surface area contributed by atoms with Crippen LogP contribution in [0, 0.1) is 18.3 Å². The number of benzene rings is 2. The Hall–Kier alpha value is -1.69. The third-order valence-corrected chi connectivity index (χ3v) is 3.61. The van der Waals surface area contributed by atoms with E-state index in [4.69, 9.17) is 33.2 Å². The van der Waals surface area contributed by atoms with Gasteiger partial charge in [0.1, 0.15) is 12.4 Å². The van der Waals surface area contributed by atoms with Gasteiger partial charge in [0.2, 0.25) is 0 Å². The molecule has 0 aromatic heterocycles. The zero-order chi connectivity index (χ0) is 14.5. The Labute approximate surface area is 128 Å². The molecule has 2 aromatic carbocycles. The topological polar surface area (TPSA) is 33.0 Å². The fraction of sp³-hybridized carbons (Fsp3) is 0.188. The van der Waals surface area contributed by atoms with Gasteiger partial charge in [0.05, 0.1) is 16.7 Å². The van der Waals surface area contributed by atoms with Crippen molar-refractivity contribution in [3.05, 3.63) is 63.7 Å². The quantitative estimate of drug-likeness (QED) is 0.757. The average molecular weight is 306 g/mol. The van der Waals surface area contributed by atoms with Gasteiger partial charge in [-0.2, -0.15) is 5.26 Å². The molecule has 0 saturated heterocycles. The molecule has 0 fully saturated rings. The molecule has 0 unspecified atom stereocenters. The first-order chi connectivity index (χ1) is 9.63. The maximum atomic E-state index is 8.84. The van der Waals surface area contributed by atoms with Gasteiger partial charge >= 0.3 is 0 Å². The van der Waals surface area contributed by atoms with Crippen LogP contribution in [0.5, 0.6) is 5.75 Å². The first-order valence-electron chi connectivity index (χ1n) is 6.11. The van der Waals surface area contributed by atoms with Crippen LogP contribution in [-0.4, -0.2) is 0 Å². The monoisotopic (exact) mass is 305 g/mol. The van der Waals surface area contributed by atoms with Crippen LogP contribution in [-0.2, 0) is 12.5 Å². The molecule has 0 spiro atoms. The summed E-state index contributed by atoms with van der Waals surface area (Å²) in [5.74, 6) is 1.05. The molecule has 0 atom stereocenters. The lowest BCUT2D eigenvalue weighted by atomic mass is 10.1. The Kier molecular flexibility index (Phi) is 4.89. The Bertz CT molecular complexity index is 662. The number of nitriles is 1. The molecule has 0 heterocycles. The molecule has 102 valence electrons. The number of rotatable bonds is 4. The van der Waals surface area contributed by atoms with E-state index in [9.17, 15) is 0 Å². The van der Waals surface area contributed by atoms with Crippen LogP contribution >= 0.6 is 23.2 Å². The number of aryl methyl sites for hydroxylation is 1. The second-order valence-corrected chi connectivity index (χ2v) is 5.11. The molecule has 0 amide bonds. The minimum atomic E-state index is 0.414. The average Bonchev–Trinajstić information content (AvgIpc) is 2.46. The van der Waals surface area contributed by atoms with E-state index in [1.807, 2.05) is 31.2 Å². The van der Waals surface area contributed by atoms with Crippen LogP contribution < -0.4 is 4.74 Å². The first kappa shape index (κ1) is 14.7. The number of hydrogen-bond acceptors (Lipinski definition) is 2. The van der Waals surface area contributed by atoms with Crippen molar-refractivity contribution in [2.45, 2.75) is 19.4 Å². The molecular weight excluding hydrogens is 293 g/mol. The first-order valence-corrected chi connectivity index (χ1v) is 7.02. The van der Waals surface area contributed by atoms with Gasteiger partial charge in [-0.3, -0.25) is 0 Å². The molecule has 0 saturated carbocycles. The fourth-order valence-electron chi connectivity index (χ4n) is 1.83. The summed E-state index contributed by atoms with van der Waals surface area (Å²) in [6.45, 7) is 2.37. The number of halogens is 2. The highest BCUT2D eigenvalue weighted by Gasteiger charge is 2.05. The van der Waals surface area contributed by atoms with Gasteiger partial charge in [0.25, 0.3) is 0 Å². The number of ether oxygens (including phenoxy) is 1. The summed E-state index contributed by atoms with van der Waals surface area (Å²) in [4.78, 5) is 0. The van der Waals surface area contributed by atoms with Crippen molar-refractivity contribution in [1.29, 1.82) is 5.26 Å². The highest BCUT2D eigenvalue weighted by Crippen LogP contribution is 2.27. The van der Waals surface area contributed by atoms with Gasteiger partial charge < -0.3 is 4.74 Å². The van der Waals surface area contributed by atoms with Crippen LogP contribution in [0.1, 0.15) is 22.3 Å². The molecule has 4 heteroatoms. The van der Waals surface area contributed by atoms with Crippen molar-refractivity contribution >= 4 is 23.2 Å². The van der Waals surface area contributed by atoms with Crippen LogP contribution in [0.4, 0.5) is 0 Å². The second kappa shape index (κ2) is 6.65.